The first-order chi connectivity index (χ1) is 13.5. The highest BCUT2D eigenvalue weighted by Crippen LogP contribution is 2.52. The minimum absolute atomic E-state index is 0.171. The van der Waals surface area contributed by atoms with Crippen molar-refractivity contribution in [2.45, 2.75) is 18.6 Å². The minimum atomic E-state index is -0.795. The smallest absolute Gasteiger partial charge is 0.235 e. The van der Waals surface area contributed by atoms with Gasteiger partial charge in [0.2, 0.25) is 11.8 Å². The van der Waals surface area contributed by atoms with E-state index in [4.69, 9.17) is 14.0 Å². The van der Waals surface area contributed by atoms with Crippen LogP contribution < -0.4 is 15.0 Å². The molecule has 0 radical (unpaired) electrons. The van der Waals surface area contributed by atoms with E-state index in [2.05, 4.69) is 10.5 Å². The van der Waals surface area contributed by atoms with Crippen molar-refractivity contribution in [2.24, 2.45) is 11.8 Å². The van der Waals surface area contributed by atoms with Gasteiger partial charge in [-0.3, -0.25) is 14.5 Å². The molecule has 2 fully saturated rings. The second-order valence-corrected chi connectivity index (χ2v) is 7.34. The number of fused-ring (bicyclic) bond motifs is 1. The Morgan fingerprint density at radius 2 is 2.14 bits per heavy atom. The molecule has 3 unspecified atom stereocenters. The molecule has 0 saturated carbocycles. The van der Waals surface area contributed by atoms with Gasteiger partial charge in [-0.25, -0.2) is 0 Å². The van der Waals surface area contributed by atoms with Crippen molar-refractivity contribution in [1.29, 1.82) is 0 Å². The lowest BCUT2D eigenvalue weighted by Gasteiger charge is -2.23. The van der Waals surface area contributed by atoms with Crippen molar-refractivity contribution in [3.63, 3.8) is 0 Å². The molecule has 144 valence electrons. The second-order valence-electron chi connectivity index (χ2n) is 7.34. The summed E-state index contributed by atoms with van der Waals surface area (Å²) in [4.78, 5) is 27.7. The number of ether oxygens (including phenoxy) is 2. The van der Waals surface area contributed by atoms with Crippen LogP contribution in [0.2, 0.25) is 0 Å². The summed E-state index contributed by atoms with van der Waals surface area (Å²) in [5.41, 5.74) is -0.155. The fraction of sp³-hybridized carbons (Fsp3) is 0.350. The van der Waals surface area contributed by atoms with E-state index in [1.165, 1.54) is 0 Å². The zero-order chi connectivity index (χ0) is 19.5. The van der Waals surface area contributed by atoms with Gasteiger partial charge in [0.1, 0.15) is 17.1 Å². The number of carbonyl (C=O) groups excluding carboxylic acids is 2. The maximum absolute atomic E-state index is 13.2. The SMILES string of the molecule is COc1ccc(NC(=O)C2C3C=C[C@@]4(CN(c5cc(C)on5)C(=O)C24)O3)cc1. The summed E-state index contributed by atoms with van der Waals surface area (Å²) >= 11 is 0. The molecular formula is C20H19N3O5. The zero-order valence-corrected chi connectivity index (χ0v) is 15.4. The first-order valence-electron chi connectivity index (χ1n) is 9.07. The first kappa shape index (κ1) is 17.0. The number of hydrogen-bond donors (Lipinski definition) is 1. The molecule has 8 heteroatoms. The van der Waals surface area contributed by atoms with Crippen molar-refractivity contribution in [1.82, 2.24) is 5.16 Å². The number of nitrogens with one attached hydrogen (secondary N) is 1. The third-order valence-electron chi connectivity index (χ3n) is 5.65. The third kappa shape index (κ3) is 2.37. The molecule has 4 heterocycles. The van der Waals surface area contributed by atoms with E-state index < -0.39 is 23.5 Å². The van der Waals surface area contributed by atoms with E-state index in [9.17, 15) is 9.59 Å². The molecule has 8 nitrogen and oxygen atoms in total. The van der Waals surface area contributed by atoms with Crippen LogP contribution in [0.1, 0.15) is 5.76 Å². The Morgan fingerprint density at radius 1 is 1.36 bits per heavy atom. The number of carbonyl (C=O) groups is 2. The summed E-state index contributed by atoms with van der Waals surface area (Å²) in [5.74, 6) is 0.170. The van der Waals surface area contributed by atoms with Crippen molar-refractivity contribution in [3.8, 4) is 5.75 Å². The highest BCUT2D eigenvalue weighted by atomic mass is 16.5. The molecule has 1 aromatic heterocycles. The van der Waals surface area contributed by atoms with Gasteiger partial charge in [-0.1, -0.05) is 17.3 Å². The summed E-state index contributed by atoms with van der Waals surface area (Å²) in [7, 11) is 1.58. The summed E-state index contributed by atoms with van der Waals surface area (Å²) in [5, 5.41) is 6.84. The van der Waals surface area contributed by atoms with E-state index in [1.54, 1.807) is 49.3 Å². The average molecular weight is 381 g/mol. The largest absolute Gasteiger partial charge is 0.497 e. The predicted octanol–water partition coefficient (Wildman–Crippen LogP) is 1.92. The number of hydrogen-bond acceptors (Lipinski definition) is 6. The monoisotopic (exact) mass is 381 g/mol. The van der Waals surface area contributed by atoms with Crippen LogP contribution >= 0.6 is 0 Å². The third-order valence-corrected chi connectivity index (χ3v) is 5.65. The molecule has 2 saturated heterocycles. The number of benzene rings is 1. The highest BCUT2D eigenvalue weighted by Gasteiger charge is 2.67. The van der Waals surface area contributed by atoms with Gasteiger partial charge < -0.3 is 19.3 Å². The lowest BCUT2D eigenvalue weighted by Crippen LogP contribution is -2.41. The van der Waals surface area contributed by atoms with Crippen molar-refractivity contribution in [2.75, 3.05) is 23.9 Å². The van der Waals surface area contributed by atoms with Crippen LogP contribution in [0.4, 0.5) is 11.5 Å². The Bertz CT molecular complexity index is 982. The molecule has 0 aliphatic carbocycles. The fourth-order valence-corrected chi connectivity index (χ4v) is 4.37. The summed E-state index contributed by atoms with van der Waals surface area (Å²) in [6.45, 7) is 2.09. The standard InChI is InChI=1S/C20H19N3O5/c1-11-9-15(22-28-11)23-10-20-8-7-14(27-20)16(17(20)19(23)25)18(24)21-12-3-5-13(26-2)6-4-12/h3-9,14,16-17H,10H2,1-2H3,(H,21,24)/t14?,16?,17?,20-/m0/s1. The van der Waals surface area contributed by atoms with Crippen LogP contribution in [0, 0.1) is 18.8 Å². The summed E-state index contributed by atoms with van der Waals surface area (Å²) in [6.07, 6.45) is 3.37. The molecule has 1 spiro atoms. The predicted molar refractivity (Wildman–Crippen MR) is 98.9 cm³/mol. The van der Waals surface area contributed by atoms with Gasteiger partial charge in [-0.05, 0) is 31.2 Å². The van der Waals surface area contributed by atoms with E-state index in [-0.39, 0.29) is 11.8 Å². The lowest BCUT2D eigenvalue weighted by molar-refractivity contribution is -0.128. The van der Waals surface area contributed by atoms with Gasteiger partial charge >= 0.3 is 0 Å². The van der Waals surface area contributed by atoms with Crippen LogP contribution in [0.25, 0.3) is 0 Å². The Morgan fingerprint density at radius 3 is 2.82 bits per heavy atom. The minimum Gasteiger partial charge on any atom is -0.497 e. The van der Waals surface area contributed by atoms with E-state index in [0.717, 1.165) is 0 Å². The molecule has 3 aliphatic heterocycles. The molecule has 4 atom stereocenters. The van der Waals surface area contributed by atoms with Gasteiger partial charge in [0.05, 0.1) is 31.6 Å². The van der Waals surface area contributed by atoms with Gasteiger partial charge in [0.15, 0.2) is 5.82 Å². The number of amides is 2. The molecule has 5 rings (SSSR count). The Kier molecular flexibility index (Phi) is 3.60. The van der Waals surface area contributed by atoms with Crippen LogP contribution in [0.15, 0.2) is 47.0 Å². The van der Waals surface area contributed by atoms with Crippen molar-refractivity contribution < 1.29 is 23.6 Å². The molecular weight excluding hydrogens is 362 g/mol. The number of nitrogens with zero attached hydrogens (tertiary/aromatic N) is 2. The van der Waals surface area contributed by atoms with E-state index >= 15 is 0 Å². The quantitative estimate of drug-likeness (QED) is 0.814. The Balaban J connectivity index is 1.41. The topological polar surface area (TPSA) is 93.9 Å². The number of methoxy groups -OCH3 is 1. The first-order valence-corrected chi connectivity index (χ1v) is 9.07. The van der Waals surface area contributed by atoms with Gasteiger partial charge in [0.25, 0.3) is 0 Å². The number of aryl methyl sites for hydroxylation is 1. The van der Waals surface area contributed by atoms with Crippen LogP contribution in [0.5, 0.6) is 5.75 Å². The van der Waals surface area contributed by atoms with E-state index in [1.807, 2.05) is 12.2 Å². The van der Waals surface area contributed by atoms with Gasteiger partial charge in [-0.2, -0.15) is 0 Å². The molecule has 2 bridgehead atoms. The van der Waals surface area contributed by atoms with Crippen molar-refractivity contribution >= 4 is 23.3 Å². The van der Waals surface area contributed by atoms with E-state index in [0.29, 0.717) is 29.6 Å². The molecule has 2 amide bonds. The molecule has 1 aromatic carbocycles. The molecule has 1 N–H and O–H groups in total. The highest BCUT2D eigenvalue weighted by molar-refractivity contribution is 6.05. The van der Waals surface area contributed by atoms with Crippen LogP contribution in [0.3, 0.4) is 0 Å². The Hall–Kier alpha value is -3.13. The molecule has 3 aliphatic rings. The normalized spacial score (nSPS) is 30.0. The summed E-state index contributed by atoms with van der Waals surface area (Å²) < 4.78 is 16.3. The van der Waals surface area contributed by atoms with Gasteiger partial charge in [0, 0.05) is 11.8 Å². The second kappa shape index (κ2) is 5.93. The maximum Gasteiger partial charge on any atom is 0.235 e. The van der Waals surface area contributed by atoms with Gasteiger partial charge in [-0.15, -0.1) is 0 Å². The number of rotatable bonds is 4. The zero-order valence-electron chi connectivity index (χ0n) is 15.4. The summed E-state index contributed by atoms with van der Waals surface area (Å²) in [6, 6.07) is 8.76. The number of anilines is 2. The molecule has 28 heavy (non-hydrogen) atoms. The fourth-order valence-electron chi connectivity index (χ4n) is 4.37. The lowest BCUT2D eigenvalue weighted by atomic mass is 9.77. The van der Waals surface area contributed by atoms with Crippen molar-refractivity contribution in [3.05, 3.63) is 48.2 Å². The Labute approximate surface area is 161 Å². The number of aromatic nitrogens is 1. The molecule has 2 aromatic rings. The maximum atomic E-state index is 13.2. The van der Waals surface area contributed by atoms with Crippen LogP contribution in [-0.4, -0.2) is 42.3 Å². The average Bonchev–Trinajstić information content (AvgIpc) is 3.43. The van der Waals surface area contributed by atoms with Crippen LogP contribution in [-0.2, 0) is 14.3 Å².